The lowest BCUT2D eigenvalue weighted by molar-refractivity contribution is 0.161. The summed E-state index contributed by atoms with van der Waals surface area (Å²) in [6.45, 7) is 7.38. The number of pyridine rings is 1. The van der Waals surface area contributed by atoms with Crippen molar-refractivity contribution in [2.45, 2.75) is 52.0 Å². The molecule has 2 rings (SSSR count). The number of ether oxygens (including phenoxy) is 1. The lowest BCUT2D eigenvalue weighted by Gasteiger charge is -2.42. The second-order valence-electron chi connectivity index (χ2n) is 6.09. The largest absolute Gasteiger partial charge is 0.492 e. The van der Waals surface area contributed by atoms with E-state index in [9.17, 15) is 0 Å². The zero-order valence-electron chi connectivity index (χ0n) is 12.4. The van der Waals surface area contributed by atoms with Crippen molar-refractivity contribution in [3.05, 3.63) is 24.0 Å². The summed E-state index contributed by atoms with van der Waals surface area (Å²) in [4.78, 5) is 4.31. The van der Waals surface area contributed by atoms with Crippen LogP contribution in [0.15, 0.2) is 18.5 Å². The van der Waals surface area contributed by atoms with E-state index in [2.05, 4.69) is 31.8 Å². The van der Waals surface area contributed by atoms with Gasteiger partial charge < -0.3 is 10.5 Å². The highest BCUT2D eigenvalue weighted by Crippen LogP contribution is 2.42. The first kappa shape index (κ1) is 14.3. The van der Waals surface area contributed by atoms with Gasteiger partial charge in [0.25, 0.3) is 0 Å². The topological polar surface area (TPSA) is 48.1 Å². The Bertz CT molecular complexity index is 421. The molecule has 0 bridgehead atoms. The summed E-state index contributed by atoms with van der Waals surface area (Å²) in [5.74, 6) is 2.02. The standard InChI is InChI=1S/C16H26N2O/c1-4-7-19-15-8-14(10-18-11-15)16(17)9-12(2)5-6-13(16)3/h8,10-13H,4-7,9,17H2,1-3H3. The molecule has 0 saturated heterocycles. The Morgan fingerprint density at radius 3 is 2.89 bits per heavy atom. The Hall–Kier alpha value is -1.09. The number of nitrogens with zero attached hydrogens (tertiary/aromatic N) is 1. The first-order chi connectivity index (χ1) is 9.06. The maximum absolute atomic E-state index is 6.72. The summed E-state index contributed by atoms with van der Waals surface area (Å²) < 4.78 is 5.68. The summed E-state index contributed by atoms with van der Waals surface area (Å²) >= 11 is 0. The molecule has 106 valence electrons. The molecular weight excluding hydrogens is 236 g/mol. The van der Waals surface area contributed by atoms with Crippen LogP contribution in [-0.4, -0.2) is 11.6 Å². The molecule has 19 heavy (non-hydrogen) atoms. The van der Waals surface area contributed by atoms with Crippen LogP contribution in [0.25, 0.3) is 0 Å². The molecule has 1 saturated carbocycles. The molecule has 1 aromatic rings. The van der Waals surface area contributed by atoms with Crippen molar-refractivity contribution in [3.63, 3.8) is 0 Å². The molecule has 1 heterocycles. The monoisotopic (exact) mass is 262 g/mol. The van der Waals surface area contributed by atoms with Gasteiger partial charge in [0.1, 0.15) is 5.75 Å². The quantitative estimate of drug-likeness (QED) is 0.903. The summed E-state index contributed by atoms with van der Waals surface area (Å²) in [6, 6.07) is 2.08. The fourth-order valence-electron chi connectivity index (χ4n) is 3.05. The SMILES string of the molecule is CCCOc1cncc(C2(N)CC(C)CCC2C)c1. The van der Waals surface area contributed by atoms with Crippen LogP contribution in [0.4, 0.5) is 0 Å². The first-order valence-electron chi connectivity index (χ1n) is 7.43. The van der Waals surface area contributed by atoms with Crippen LogP contribution in [0, 0.1) is 11.8 Å². The van der Waals surface area contributed by atoms with Crippen LogP contribution in [-0.2, 0) is 5.54 Å². The van der Waals surface area contributed by atoms with Crippen molar-refractivity contribution in [1.82, 2.24) is 4.98 Å². The van der Waals surface area contributed by atoms with E-state index in [1.807, 2.05) is 6.20 Å². The molecule has 3 nitrogen and oxygen atoms in total. The number of aromatic nitrogens is 1. The Morgan fingerprint density at radius 2 is 2.16 bits per heavy atom. The lowest BCUT2D eigenvalue weighted by Crippen LogP contribution is -2.47. The predicted octanol–water partition coefficient (Wildman–Crippen LogP) is 3.48. The van der Waals surface area contributed by atoms with Gasteiger partial charge in [-0.15, -0.1) is 0 Å². The molecule has 0 amide bonds. The molecule has 3 heteroatoms. The highest BCUT2D eigenvalue weighted by molar-refractivity contribution is 5.30. The Kier molecular flexibility index (Phi) is 4.46. The third-order valence-corrected chi connectivity index (χ3v) is 4.38. The second-order valence-corrected chi connectivity index (χ2v) is 6.09. The molecule has 1 aliphatic carbocycles. The van der Waals surface area contributed by atoms with E-state index in [0.717, 1.165) is 30.8 Å². The smallest absolute Gasteiger partial charge is 0.137 e. The maximum atomic E-state index is 6.72. The molecule has 3 atom stereocenters. The molecule has 2 N–H and O–H groups in total. The molecule has 0 spiro atoms. The van der Waals surface area contributed by atoms with Crippen molar-refractivity contribution in [2.24, 2.45) is 17.6 Å². The van der Waals surface area contributed by atoms with Crippen molar-refractivity contribution >= 4 is 0 Å². The van der Waals surface area contributed by atoms with Crippen LogP contribution in [0.2, 0.25) is 0 Å². The maximum Gasteiger partial charge on any atom is 0.137 e. The number of nitrogens with two attached hydrogens (primary N) is 1. The lowest BCUT2D eigenvalue weighted by atomic mass is 9.67. The van der Waals surface area contributed by atoms with Crippen molar-refractivity contribution < 1.29 is 4.74 Å². The summed E-state index contributed by atoms with van der Waals surface area (Å²) in [6.07, 6.45) is 8.20. The van der Waals surface area contributed by atoms with Gasteiger partial charge in [-0.3, -0.25) is 4.98 Å². The van der Waals surface area contributed by atoms with Gasteiger partial charge in [0.05, 0.1) is 12.8 Å². The third-order valence-electron chi connectivity index (χ3n) is 4.38. The van der Waals surface area contributed by atoms with Crippen LogP contribution in [0.5, 0.6) is 5.75 Å². The fraction of sp³-hybridized carbons (Fsp3) is 0.688. The molecule has 1 fully saturated rings. The van der Waals surface area contributed by atoms with Crippen molar-refractivity contribution in [3.8, 4) is 5.75 Å². The molecule has 0 aliphatic heterocycles. The van der Waals surface area contributed by atoms with Gasteiger partial charge in [-0.1, -0.05) is 27.2 Å². The average molecular weight is 262 g/mol. The van der Waals surface area contributed by atoms with Crippen molar-refractivity contribution in [2.75, 3.05) is 6.61 Å². The van der Waals surface area contributed by atoms with Crippen LogP contribution >= 0.6 is 0 Å². The zero-order valence-corrected chi connectivity index (χ0v) is 12.4. The highest BCUT2D eigenvalue weighted by Gasteiger charge is 2.39. The fourth-order valence-corrected chi connectivity index (χ4v) is 3.05. The third kappa shape index (κ3) is 3.08. The van der Waals surface area contributed by atoms with Gasteiger partial charge in [0, 0.05) is 11.7 Å². The van der Waals surface area contributed by atoms with Gasteiger partial charge in [-0.25, -0.2) is 0 Å². The van der Waals surface area contributed by atoms with Crippen LogP contribution < -0.4 is 10.5 Å². The number of hydrogen-bond donors (Lipinski definition) is 1. The minimum absolute atomic E-state index is 0.254. The Labute approximate surface area is 116 Å². The molecule has 1 aromatic heterocycles. The predicted molar refractivity (Wildman–Crippen MR) is 78.1 cm³/mol. The van der Waals surface area contributed by atoms with E-state index >= 15 is 0 Å². The molecular formula is C16H26N2O. The zero-order chi connectivity index (χ0) is 13.9. The van der Waals surface area contributed by atoms with E-state index in [4.69, 9.17) is 10.5 Å². The van der Waals surface area contributed by atoms with Crippen molar-refractivity contribution in [1.29, 1.82) is 0 Å². The highest BCUT2D eigenvalue weighted by atomic mass is 16.5. The van der Waals surface area contributed by atoms with Gasteiger partial charge >= 0.3 is 0 Å². The van der Waals surface area contributed by atoms with Crippen LogP contribution in [0.3, 0.4) is 0 Å². The molecule has 0 radical (unpaired) electrons. The summed E-state index contributed by atoms with van der Waals surface area (Å²) in [5, 5.41) is 0. The summed E-state index contributed by atoms with van der Waals surface area (Å²) in [5.41, 5.74) is 7.59. The van der Waals surface area contributed by atoms with E-state index in [-0.39, 0.29) is 5.54 Å². The Morgan fingerprint density at radius 1 is 1.37 bits per heavy atom. The van der Waals surface area contributed by atoms with E-state index in [1.165, 1.54) is 12.8 Å². The van der Waals surface area contributed by atoms with E-state index in [1.54, 1.807) is 6.20 Å². The molecule has 1 aliphatic rings. The minimum Gasteiger partial charge on any atom is -0.492 e. The normalized spacial score (nSPS) is 31.2. The molecule has 3 unspecified atom stereocenters. The van der Waals surface area contributed by atoms with Gasteiger partial charge in [0.15, 0.2) is 0 Å². The van der Waals surface area contributed by atoms with E-state index < -0.39 is 0 Å². The van der Waals surface area contributed by atoms with Gasteiger partial charge in [-0.05, 0) is 42.7 Å². The van der Waals surface area contributed by atoms with Gasteiger partial charge in [-0.2, -0.15) is 0 Å². The summed E-state index contributed by atoms with van der Waals surface area (Å²) in [7, 11) is 0. The van der Waals surface area contributed by atoms with Crippen LogP contribution in [0.1, 0.15) is 52.0 Å². The minimum atomic E-state index is -0.254. The number of rotatable bonds is 4. The Balaban J connectivity index is 2.23. The molecule has 0 aromatic carbocycles. The van der Waals surface area contributed by atoms with E-state index in [0.29, 0.717) is 11.8 Å². The second kappa shape index (κ2) is 5.91. The van der Waals surface area contributed by atoms with Gasteiger partial charge in [0.2, 0.25) is 0 Å². The number of hydrogen-bond acceptors (Lipinski definition) is 3. The first-order valence-corrected chi connectivity index (χ1v) is 7.43. The average Bonchev–Trinajstić information content (AvgIpc) is 2.41.